The highest BCUT2D eigenvalue weighted by molar-refractivity contribution is 5.86. The van der Waals surface area contributed by atoms with Crippen molar-refractivity contribution in [3.63, 3.8) is 0 Å². The molecule has 58 valence electrons. The van der Waals surface area contributed by atoms with Crippen LogP contribution in [0.5, 0.6) is 0 Å². The Kier molecular flexibility index (Phi) is 3.69. The zero-order valence-corrected chi connectivity index (χ0v) is 6.10. The van der Waals surface area contributed by atoms with Crippen molar-refractivity contribution >= 4 is 5.97 Å². The average molecular weight is 146 g/mol. The van der Waals surface area contributed by atoms with Crippen LogP contribution in [-0.4, -0.2) is 11.1 Å². The molecule has 0 fully saturated rings. The van der Waals surface area contributed by atoms with E-state index in [0.29, 0.717) is 0 Å². The number of hydrogen-bond donors (Lipinski definition) is 1. The molecule has 10 heavy (non-hydrogen) atoms. The van der Waals surface area contributed by atoms with Crippen LogP contribution >= 0.6 is 0 Å². The maximum Gasteiger partial charge on any atom is 0.333 e. The van der Waals surface area contributed by atoms with Crippen molar-refractivity contribution in [2.24, 2.45) is 5.92 Å². The van der Waals surface area contributed by atoms with Crippen LogP contribution < -0.4 is 0 Å². The highest BCUT2D eigenvalue weighted by Gasteiger charge is 2.08. The van der Waals surface area contributed by atoms with Gasteiger partial charge in [0.15, 0.2) is 0 Å². The van der Waals surface area contributed by atoms with Crippen molar-refractivity contribution in [1.82, 2.24) is 0 Å². The maximum absolute atomic E-state index is 11.7. The molecule has 0 aromatic heterocycles. The summed E-state index contributed by atoms with van der Waals surface area (Å²) >= 11 is 0. The third kappa shape index (κ3) is 3.22. The first-order chi connectivity index (χ1) is 4.57. The Morgan fingerprint density at radius 2 is 2.20 bits per heavy atom. The number of aliphatic carboxylic acids is 1. The van der Waals surface area contributed by atoms with E-state index < -0.39 is 5.97 Å². The molecule has 0 heterocycles. The fraction of sp³-hybridized carbons (Fsp3) is 0.571. The second kappa shape index (κ2) is 4.04. The Bertz CT molecular complexity index is 150. The van der Waals surface area contributed by atoms with E-state index in [1.807, 2.05) is 13.8 Å². The molecule has 0 rings (SSSR count). The smallest absolute Gasteiger partial charge is 0.333 e. The van der Waals surface area contributed by atoms with Gasteiger partial charge in [-0.2, -0.15) is 0 Å². The molecular formula is C7H11FO2. The Morgan fingerprint density at radius 1 is 1.70 bits per heavy atom. The fourth-order valence-corrected chi connectivity index (χ4v) is 0.618. The standard InChI is InChI=1S/C7H11FO2/c1-5(2)3-6(4-8)7(9)10/h4-5H,3H2,1-2H3,(H,9,10). The van der Waals surface area contributed by atoms with Gasteiger partial charge in [0.2, 0.25) is 0 Å². The summed E-state index contributed by atoms with van der Waals surface area (Å²) in [6, 6.07) is 0. The predicted octanol–water partition coefficient (Wildman–Crippen LogP) is 1.97. The summed E-state index contributed by atoms with van der Waals surface area (Å²) in [5.74, 6) is -0.991. The van der Waals surface area contributed by atoms with Crippen LogP contribution in [0.4, 0.5) is 4.39 Å². The van der Waals surface area contributed by atoms with Gasteiger partial charge >= 0.3 is 5.97 Å². The van der Waals surface area contributed by atoms with Gasteiger partial charge in [-0.05, 0) is 12.3 Å². The van der Waals surface area contributed by atoms with E-state index in [2.05, 4.69) is 0 Å². The summed E-state index contributed by atoms with van der Waals surface area (Å²) < 4.78 is 11.7. The van der Waals surface area contributed by atoms with Gasteiger partial charge in [0.25, 0.3) is 0 Å². The minimum atomic E-state index is -1.17. The average Bonchev–Trinajstić information content (AvgIpc) is 1.81. The van der Waals surface area contributed by atoms with E-state index in [1.165, 1.54) is 0 Å². The van der Waals surface area contributed by atoms with Gasteiger partial charge in [-0.3, -0.25) is 0 Å². The minimum absolute atomic E-state index is 0.155. The molecule has 0 aliphatic rings. The van der Waals surface area contributed by atoms with Crippen molar-refractivity contribution in [3.8, 4) is 0 Å². The second-order valence-electron chi connectivity index (χ2n) is 2.54. The van der Waals surface area contributed by atoms with Crippen LogP contribution in [0.2, 0.25) is 0 Å². The summed E-state index contributed by atoms with van der Waals surface area (Å²) in [5, 5.41) is 8.31. The van der Waals surface area contributed by atoms with Crippen LogP contribution in [0.15, 0.2) is 11.9 Å². The van der Waals surface area contributed by atoms with Gasteiger partial charge in [0.1, 0.15) is 0 Å². The largest absolute Gasteiger partial charge is 0.478 e. The fourth-order valence-electron chi connectivity index (χ4n) is 0.618. The predicted molar refractivity (Wildman–Crippen MR) is 36.3 cm³/mol. The van der Waals surface area contributed by atoms with Crippen molar-refractivity contribution in [3.05, 3.63) is 11.9 Å². The van der Waals surface area contributed by atoms with E-state index in [0.717, 1.165) is 0 Å². The van der Waals surface area contributed by atoms with E-state index in [9.17, 15) is 9.18 Å². The Balaban J connectivity index is 3.99. The number of halogens is 1. The molecule has 0 aliphatic heterocycles. The minimum Gasteiger partial charge on any atom is -0.478 e. The lowest BCUT2D eigenvalue weighted by atomic mass is 10.0. The van der Waals surface area contributed by atoms with Gasteiger partial charge in [-0.15, -0.1) is 0 Å². The third-order valence-electron chi connectivity index (χ3n) is 1.03. The Hall–Kier alpha value is -0.860. The molecule has 1 N–H and O–H groups in total. The zero-order valence-electron chi connectivity index (χ0n) is 6.10. The topological polar surface area (TPSA) is 37.3 Å². The van der Waals surface area contributed by atoms with E-state index in [1.54, 1.807) is 0 Å². The van der Waals surface area contributed by atoms with Crippen molar-refractivity contribution < 1.29 is 14.3 Å². The molecule has 0 bridgehead atoms. The van der Waals surface area contributed by atoms with Gasteiger partial charge in [0.05, 0.1) is 11.9 Å². The highest BCUT2D eigenvalue weighted by Crippen LogP contribution is 2.10. The lowest BCUT2D eigenvalue weighted by Crippen LogP contribution is -2.02. The SMILES string of the molecule is CC(C)CC(=CF)C(=O)O. The molecule has 0 aromatic rings. The summed E-state index contributed by atoms with van der Waals surface area (Å²) in [6.45, 7) is 3.68. The second-order valence-corrected chi connectivity index (χ2v) is 2.54. The van der Waals surface area contributed by atoms with Gasteiger partial charge < -0.3 is 5.11 Å². The first kappa shape index (κ1) is 9.14. The zero-order chi connectivity index (χ0) is 8.15. The molecular weight excluding hydrogens is 135 g/mol. The maximum atomic E-state index is 11.7. The van der Waals surface area contributed by atoms with Gasteiger partial charge in [-0.1, -0.05) is 13.8 Å². The number of rotatable bonds is 3. The van der Waals surface area contributed by atoms with Gasteiger partial charge in [-0.25, -0.2) is 9.18 Å². The van der Waals surface area contributed by atoms with Crippen LogP contribution in [0.1, 0.15) is 20.3 Å². The third-order valence-corrected chi connectivity index (χ3v) is 1.03. The molecule has 0 aromatic carbocycles. The van der Waals surface area contributed by atoms with Crippen LogP contribution in [-0.2, 0) is 4.79 Å². The quantitative estimate of drug-likeness (QED) is 0.618. The molecule has 0 amide bonds. The highest BCUT2D eigenvalue weighted by atomic mass is 19.1. The molecule has 0 aliphatic carbocycles. The van der Waals surface area contributed by atoms with Gasteiger partial charge in [0, 0.05) is 0 Å². The van der Waals surface area contributed by atoms with E-state index >= 15 is 0 Å². The summed E-state index contributed by atoms with van der Waals surface area (Å²) in [6.07, 6.45) is 0.439. The summed E-state index contributed by atoms with van der Waals surface area (Å²) in [7, 11) is 0. The number of carboxylic acid groups (broad SMARTS) is 1. The number of carboxylic acids is 1. The molecule has 0 saturated carbocycles. The van der Waals surface area contributed by atoms with Crippen molar-refractivity contribution in [1.29, 1.82) is 0 Å². The Morgan fingerprint density at radius 3 is 2.30 bits per heavy atom. The summed E-state index contributed by atoms with van der Waals surface area (Å²) in [5.41, 5.74) is -0.157. The van der Waals surface area contributed by atoms with E-state index in [4.69, 9.17) is 5.11 Å². The molecule has 0 radical (unpaired) electrons. The van der Waals surface area contributed by atoms with Crippen LogP contribution in [0.25, 0.3) is 0 Å². The molecule has 0 atom stereocenters. The summed E-state index contributed by atoms with van der Waals surface area (Å²) in [4.78, 5) is 10.2. The Labute approximate surface area is 59.4 Å². The number of hydrogen-bond acceptors (Lipinski definition) is 1. The van der Waals surface area contributed by atoms with Crippen LogP contribution in [0.3, 0.4) is 0 Å². The lowest BCUT2D eigenvalue weighted by Gasteiger charge is -2.02. The first-order valence-corrected chi connectivity index (χ1v) is 3.10. The first-order valence-electron chi connectivity index (χ1n) is 3.10. The molecule has 0 spiro atoms. The van der Waals surface area contributed by atoms with Crippen LogP contribution in [0, 0.1) is 5.92 Å². The van der Waals surface area contributed by atoms with Crippen molar-refractivity contribution in [2.75, 3.05) is 0 Å². The number of carbonyl (C=O) groups is 1. The van der Waals surface area contributed by atoms with Crippen molar-refractivity contribution in [2.45, 2.75) is 20.3 Å². The monoisotopic (exact) mass is 146 g/mol. The lowest BCUT2D eigenvalue weighted by molar-refractivity contribution is -0.133. The molecule has 2 nitrogen and oxygen atoms in total. The van der Waals surface area contributed by atoms with E-state index in [-0.39, 0.29) is 24.2 Å². The molecule has 0 saturated heterocycles. The normalized spacial score (nSPS) is 12.2. The molecule has 3 heteroatoms. The molecule has 0 unspecified atom stereocenters.